The quantitative estimate of drug-likeness (QED) is 0.673. The molecule has 2 aromatic carbocycles. The van der Waals surface area contributed by atoms with Crippen molar-refractivity contribution in [3.8, 4) is 23.6 Å². The van der Waals surface area contributed by atoms with Crippen LogP contribution in [0.1, 0.15) is 39.4 Å². The Balaban J connectivity index is 2.07. The molecule has 0 spiro atoms. The molecule has 0 radical (unpaired) electrons. The second-order valence-corrected chi connectivity index (χ2v) is 6.73. The monoisotopic (exact) mass is 404 g/mol. The molecule has 1 aromatic heterocycles. The molecule has 0 amide bonds. The van der Waals surface area contributed by atoms with Crippen LogP contribution >= 0.6 is 0 Å². The zero-order valence-electron chi connectivity index (χ0n) is 16.2. The summed E-state index contributed by atoms with van der Waals surface area (Å²) in [6.07, 6.45) is 0. The summed E-state index contributed by atoms with van der Waals surface area (Å²) in [5, 5.41) is 34.4. The fourth-order valence-corrected chi connectivity index (χ4v) is 3.02. The molecule has 1 atom stereocenters. The van der Waals surface area contributed by atoms with Crippen LogP contribution < -0.4 is 10.3 Å². The smallest absolute Gasteiger partial charge is 0.267 e. The van der Waals surface area contributed by atoms with Crippen molar-refractivity contribution >= 4 is 0 Å². The van der Waals surface area contributed by atoms with Crippen LogP contribution in [0.4, 0.5) is 4.39 Å². The number of rotatable bonds is 5. The van der Waals surface area contributed by atoms with Crippen molar-refractivity contribution in [1.82, 2.24) is 10.2 Å². The van der Waals surface area contributed by atoms with E-state index in [1.807, 2.05) is 12.1 Å². The number of aliphatic hydroxyl groups is 1. The van der Waals surface area contributed by atoms with E-state index in [9.17, 15) is 9.90 Å². The highest BCUT2D eigenvalue weighted by atomic mass is 19.1. The molecule has 7 nitrogen and oxygen atoms in total. The first-order valence-corrected chi connectivity index (χ1v) is 8.97. The normalized spacial score (nSPS) is 11.4. The third-order valence-electron chi connectivity index (χ3n) is 4.63. The van der Waals surface area contributed by atoms with Crippen LogP contribution in [0, 0.1) is 42.3 Å². The van der Waals surface area contributed by atoms with Crippen molar-refractivity contribution in [2.75, 3.05) is 6.61 Å². The lowest BCUT2D eigenvalue weighted by Gasteiger charge is -2.18. The Bertz CT molecular complexity index is 1220. The number of hydrogen-bond donors (Lipinski definition) is 2. The van der Waals surface area contributed by atoms with Crippen LogP contribution in [0.15, 0.2) is 41.2 Å². The molecule has 0 aliphatic carbocycles. The number of ether oxygens (including phenoxy) is 1. The molecule has 0 aliphatic heterocycles. The molecule has 3 rings (SSSR count). The first kappa shape index (κ1) is 20.7. The number of benzene rings is 2. The third-order valence-corrected chi connectivity index (χ3v) is 4.63. The fraction of sp³-hybridized carbons (Fsp3) is 0.182. The van der Waals surface area contributed by atoms with Crippen molar-refractivity contribution in [2.24, 2.45) is 0 Å². The number of aliphatic hydroxyl groups excluding tert-OH is 1. The number of nitrogens with zero attached hydrogens (tertiary/aromatic N) is 3. The van der Waals surface area contributed by atoms with Gasteiger partial charge in [0, 0.05) is 11.1 Å². The van der Waals surface area contributed by atoms with Gasteiger partial charge in [0.05, 0.1) is 41.5 Å². The van der Waals surface area contributed by atoms with E-state index in [2.05, 4.69) is 10.2 Å². The lowest BCUT2D eigenvalue weighted by molar-refractivity contribution is 0.275. The van der Waals surface area contributed by atoms with E-state index in [1.165, 1.54) is 30.3 Å². The number of hydrogen-bond acceptors (Lipinski definition) is 6. The van der Waals surface area contributed by atoms with Gasteiger partial charge in [-0.3, -0.25) is 4.79 Å². The summed E-state index contributed by atoms with van der Waals surface area (Å²) < 4.78 is 21.1. The van der Waals surface area contributed by atoms with Crippen molar-refractivity contribution in [1.29, 1.82) is 10.5 Å². The van der Waals surface area contributed by atoms with Gasteiger partial charge < -0.3 is 9.84 Å². The summed E-state index contributed by atoms with van der Waals surface area (Å²) in [4.78, 5) is 11.6. The summed E-state index contributed by atoms with van der Waals surface area (Å²) in [5.74, 6) is -1.49. The molecule has 0 saturated carbocycles. The number of aromatic nitrogens is 2. The van der Waals surface area contributed by atoms with Crippen LogP contribution in [0.3, 0.4) is 0 Å². The summed E-state index contributed by atoms with van der Waals surface area (Å²) in [6.45, 7) is 2.80. The van der Waals surface area contributed by atoms with E-state index in [0.29, 0.717) is 16.8 Å². The van der Waals surface area contributed by atoms with Gasteiger partial charge in [0.15, 0.2) is 11.6 Å². The Morgan fingerprint density at radius 3 is 2.37 bits per heavy atom. The molecular formula is C22H17FN4O3. The third kappa shape index (κ3) is 4.04. The average molecular weight is 404 g/mol. The molecule has 2 N–H and O–H groups in total. The Kier molecular flexibility index (Phi) is 5.91. The molecule has 3 aromatic rings. The fourth-order valence-electron chi connectivity index (χ4n) is 3.02. The summed E-state index contributed by atoms with van der Waals surface area (Å²) >= 11 is 0. The maximum Gasteiger partial charge on any atom is 0.267 e. The molecular weight excluding hydrogens is 387 g/mol. The molecule has 150 valence electrons. The number of nitriles is 2. The SMILES string of the molecule is Cc1ccc(C(CO)c2cc(C)c(=O)[nH]n2)c(F)c1Oc1cc(C#N)cc(C#N)c1. The highest BCUT2D eigenvalue weighted by Gasteiger charge is 2.23. The maximum absolute atomic E-state index is 15.4. The minimum atomic E-state index is -0.830. The second kappa shape index (κ2) is 8.56. The Morgan fingerprint density at radius 2 is 1.80 bits per heavy atom. The van der Waals surface area contributed by atoms with Gasteiger partial charge in [0.1, 0.15) is 5.75 Å². The first-order chi connectivity index (χ1) is 14.4. The molecule has 30 heavy (non-hydrogen) atoms. The molecule has 8 heteroatoms. The highest BCUT2D eigenvalue weighted by Crippen LogP contribution is 2.35. The minimum Gasteiger partial charge on any atom is -0.454 e. The Labute approximate surface area is 171 Å². The van der Waals surface area contributed by atoms with E-state index in [-0.39, 0.29) is 33.7 Å². The summed E-state index contributed by atoms with van der Waals surface area (Å²) in [6, 6.07) is 12.7. The van der Waals surface area contributed by atoms with E-state index in [1.54, 1.807) is 19.9 Å². The van der Waals surface area contributed by atoms with E-state index >= 15 is 4.39 Å². The number of aromatic amines is 1. The number of H-pyrrole nitrogens is 1. The van der Waals surface area contributed by atoms with Crippen molar-refractivity contribution in [3.63, 3.8) is 0 Å². The lowest BCUT2D eigenvalue weighted by Crippen LogP contribution is -2.17. The summed E-state index contributed by atoms with van der Waals surface area (Å²) in [7, 11) is 0. The zero-order valence-corrected chi connectivity index (χ0v) is 16.2. The van der Waals surface area contributed by atoms with Crippen LogP contribution in [0.25, 0.3) is 0 Å². The van der Waals surface area contributed by atoms with Gasteiger partial charge in [0.25, 0.3) is 5.56 Å². The van der Waals surface area contributed by atoms with E-state index < -0.39 is 18.3 Å². The van der Waals surface area contributed by atoms with Gasteiger partial charge in [-0.1, -0.05) is 12.1 Å². The number of aryl methyl sites for hydroxylation is 2. The first-order valence-electron chi connectivity index (χ1n) is 8.97. The lowest BCUT2D eigenvalue weighted by atomic mass is 9.93. The van der Waals surface area contributed by atoms with Crippen molar-refractivity contribution in [2.45, 2.75) is 19.8 Å². The maximum atomic E-state index is 15.4. The Hall–Kier alpha value is -4.01. The molecule has 1 unspecified atom stereocenters. The van der Waals surface area contributed by atoms with Crippen LogP contribution in [0.5, 0.6) is 11.5 Å². The second-order valence-electron chi connectivity index (χ2n) is 6.73. The van der Waals surface area contributed by atoms with Gasteiger partial charge in [-0.05, 0) is 43.7 Å². The minimum absolute atomic E-state index is 0.0916. The standard InChI is InChI=1S/C22H17FN4O3/c1-12-3-4-17(18(11-28)19-5-13(2)22(29)27-26-19)20(23)21(12)30-16-7-14(9-24)6-15(8-16)10-25/h3-8,18,28H,11H2,1-2H3,(H,27,29). The molecule has 0 aliphatic rings. The van der Waals surface area contributed by atoms with E-state index in [4.69, 9.17) is 15.3 Å². The van der Waals surface area contributed by atoms with Gasteiger partial charge in [-0.15, -0.1) is 0 Å². The molecule has 0 saturated heterocycles. The molecule has 0 fully saturated rings. The van der Waals surface area contributed by atoms with Crippen molar-refractivity contribution < 1.29 is 14.2 Å². The van der Waals surface area contributed by atoms with Gasteiger partial charge in [-0.2, -0.15) is 15.6 Å². The van der Waals surface area contributed by atoms with Crippen molar-refractivity contribution in [3.05, 3.63) is 86.1 Å². The molecule has 0 bridgehead atoms. The predicted molar refractivity (Wildman–Crippen MR) is 106 cm³/mol. The average Bonchev–Trinajstić information content (AvgIpc) is 2.75. The van der Waals surface area contributed by atoms with E-state index in [0.717, 1.165) is 0 Å². The topological polar surface area (TPSA) is 123 Å². The van der Waals surface area contributed by atoms with Gasteiger partial charge in [-0.25, -0.2) is 9.49 Å². The summed E-state index contributed by atoms with van der Waals surface area (Å²) in [5.41, 5.74) is 1.36. The molecule has 1 heterocycles. The van der Waals surface area contributed by atoms with Crippen LogP contribution in [-0.2, 0) is 0 Å². The number of nitrogens with one attached hydrogen (secondary N) is 1. The van der Waals surface area contributed by atoms with Crippen LogP contribution in [-0.4, -0.2) is 21.9 Å². The van der Waals surface area contributed by atoms with Gasteiger partial charge in [0.2, 0.25) is 0 Å². The predicted octanol–water partition coefficient (Wildman–Crippen LogP) is 3.19. The Morgan fingerprint density at radius 1 is 1.13 bits per heavy atom. The zero-order chi connectivity index (χ0) is 21.8. The number of halogens is 1. The highest BCUT2D eigenvalue weighted by molar-refractivity contribution is 5.49. The largest absolute Gasteiger partial charge is 0.454 e. The van der Waals surface area contributed by atoms with Crippen LogP contribution in [0.2, 0.25) is 0 Å². The van der Waals surface area contributed by atoms with Gasteiger partial charge >= 0.3 is 0 Å².